The maximum Gasteiger partial charge on any atom is 0.316 e. The van der Waals surface area contributed by atoms with Crippen LogP contribution in [0.5, 0.6) is 0 Å². The Morgan fingerprint density at radius 1 is 1.21 bits per heavy atom. The number of thiazole rings is 1. The number of ether oxygens (including phenoxy) is 1. The maximum absolute atomic E-state index is 14.0. The number of halogens is 1. The van der Waals surface area contributed by atoms with Gasteiger partial charge in [0.05, 0.1) is 21.5 Å². The van der Waals surface area contributed by atoms with Gasteiger partial charge in [-0.1, -0.05) is 23.9 Å². The highest BCUT2D eigenvalue weighted by Gasteiger charge is 2.16. The van der Waals surface area contributed by atoms with Crippen LogP contribution in [0.4, 0.5) is 10.1 Å². The molecular weight excluding hydrogens is 403 g/mol. The molecule has 6 nitrogen and oxygen atoms in total. The van der Waals surface area contributed by atoms with Gasteiger partial charge in [-0.25, -0.2) is 9.37 Å². The smallest absolute Gasteiger partial charge is 0.316 e. The molecule has 0 unspecified atom stereocenters. The first kappa shape index (κ1) is 20.0. The van der Waals surface area contributed by atoms with Crippen LogP contribution in [0.1, 0.15) is 17.3 Å². The standard InChI is InChI=1S/C19H15FN2O4S2/c1-11(23)21-12-6-7-13(14(20)8-12)16(24)9-26-18(25)10-27-19-22-15-4-2-3-5-17(15)28-19/h2-8H,9-10H2,1H3,(H,21,23). The maximum atomic E-state index is 14.0. The quantitative estimate of drug-likeness (QED) is 0.356. The normalized spacial score (nSPS) is 10.6. The summed E-state index contributed by atoms with van der Waals surface area (Å²) in [5, 5.41) is 2.42. The minimum absolute atomic E-state index is 0.00292. The Bertz CT molecular complexity index is 1020. The van der Waals surface area contributed by atoms with Crippen LogP contribution in [0.2, 0.25) is 0 Å². The highest BCUT2D eigenvalue weighted by molar-refractivity contribution is 8.01. The number of nitrogens with zero attached hydrogens (tertiary/aromatic N) is 1. The van der Waals surface area contributed by atoms with Crippen LogP contribution in [-0.4, -0.2) is 35.0 Å². The fourth-order valence-corrected chi connectivity index (χ4v) is 4.19. The van der Waals surface area contributed by atoms with Crippen molar-refractivity contribution in [3.05, 3.63) is 53.8 Å². The van der Waals surface area contributed by atoms with Gasteiger partial charge in [-0.2, -0.15) is 0 Å². The van der Waals surface area contributed by atoms with Gasteiger partial charge >= 0.3 is 5.97 Å². The number of carbonyl (C=O) groups is 3. The van der Waals surface area contributed by atoms with E-state index in [-0.39, 0.29) is 22.9 Å². The molecule has 144 valence electrons. The second-order valence-electron chi connectivity index (χ2n) is 5.70. The summed E-state index contributed by atoms with van der Waals surface area (Å²) in [4.78, 5) is 39.3. The van der Waals surface area contributed by atoms with E-state index in [4.69, 9.17) is 4.74 Å². The van der Waals surface area contributed by atoms with Crippen LogP contribution < -0.4 is 5.32 Å². The van der Waals surface area contributed by atoms with E-state index >= 15 is 0 Å². The number of thioether (sulfide) groups is 1. The Hall–Kier alpha value is -2.78. The minimum Gasteiger partial charge on any atom is -0.457 e. The summed E-state index contributed by atoms with van der Waals surface area (Å²) in [5.74, 6) is -2.40. The van der Waals surface area contributed by atoms with E-state index in [0.29, 0.717) is 0 Å². The molecule has 3 rings (SSSR count). The predicted molar refractivity (Wildman–Crippen MR) is 106 cm³/mol. The SMILES string of the molecule is CC(=O)Nc1ccc(C(=O)COC(=O)CSc2nc3ccccc3s2)c(F)c1. The Kier molecular flexibility index (Phi) is 6.37. The molecule has 0 bridgehead atoms. The summed E-state index contributed by atoms with van der Waals surface area (Å²) in [6.45, 7) is 0.735. The molecule has 28 heavy (non-hydrogen) atoms. The first-order valence-electron chi connectivity index (χ1n) is 8.16. The molecule has 0 atom stereocenters. The largest absolute Gasteiger partial charge is 0.457 e. The predicted octanol–water partition coefficient (Wildman–Crippen LogP) is 3.91. The van der Waals surface area contributed by atoms with Crippen LogP contribution in [0.25, 0.3) is 10.2 Å². The molecule has 0 fully saturated rings. The molecule has 1 aromatic heterocycles. The van der Waals surface area contributed by atoms with Crippen LogP contribution >= 0.6 is 23.1 Å². The molecule has 1 heterocycles. The Morgan fingerprint density at radius 3 is 2.71 bits per heavy atom. The molecule has 1 amide bonds. The number of anilines is 1. The van der Waals surface area contributed by atoms with Crippen LogP contribution in [-0.2, 0) is 14.3 Å². The molecule has 1 N–H and O–H groups in total. The van der Waals surface area contributed by atoms with Crippen molar-refractivity contribution in [1.29, 1.82) is 0 Å². The lowest BCUT2D eigenvalue weighted by Crippen LogP contribution is -2.17. The first-order chi connectivity index (χ1) is 13.4. The van der Waals surface area contributed by atoms with Gasteiger partial charge in [-0.15, -0.1) is 11.3 Å². The number of nitrogens with one attached hydrogen (secondary N) is 1. The van der Waals surface area contributed by atoms with Gasteiger partial charge in [0.25, 0.3) is 0 Å². The number of amides is 1. The van der Waals surface area contributed by atoms with E-state index in [2.05, 4.69) is 10.3 Å². The van der Waals surface area contributed by atoms with Gasteiger partial charge in [-0.3, -0.25) is 14.4 Å². The van der Waals surface area contributed by atoms with Crippen molar-refractivity contribution in [2.75, 3.05) is 17.7 Å². The van der Waals surface area contributed by atoms with Crippen LogP contribution in [0.3, 0.4) is 0 Å². The second kappa shape index (κ2) is 8.94. The van der Waals surface area contributed by atoms with Gasteiger partial charge < -0.3 is 10.1 Å². The average Bonchev–Trinajstić information content (AvgIpc) is 3.07. The molecule has 0 saturated heterocycles. The summed E-state index contributed by atoms with van der Waals surface area (Å²) in [5.41, 5.74) is 0.892. The molecular formula is C19H15FN2O4S2. The molecule has 9 heteroatoms. The Balaban J connectivity index is 1.51. The van der Waals surface area contributed by atoms with Crippen LogP contribution in [0.15, 0.2) is 46.8 Å². The van der Waals surface area contributed by atoms with Crippen molar-refractivity contribution in [2.45, 2.75) is 11.3 Å². The Labute approximate surface area is 168 Å². The summed E-state index contributed by atoms with van der Waals surface area (Å²) in [6.07, 6.45) is 0. The topological polar surface area (TPSA) is 85.4 Å². The number of fused-ring (bicyclic) bond motifs is 1. The molecule has 0 radical (unpaired) electrons. The molecule has 0 saturated carbocycles. The average molecular weight is 418 g/mol. The van der Waals surface area contributed by atoms with Crippen LogP contribution in [0, 0.1) is 5.82 Å². The Morgan fingerprint density at radius 2 is 2.00 bits per heavy atom. The summed E-state index contributed by atoms with van der Waals surface area (Å²) >= 11 is 2.69. The van der Waals surface area contributed by atoms with Gasteiger partial charge in [0.2, 0.25) is 11.7 Å². The minimum atomic E-state index is -0.795. The van der Waals surface area contributed by atoms with Gasteiger partial charge in [0.15, 0.2) is 10.9 Å². The van der Waals surface area contributed by atoms with E-state index < -0.39 is 24.2 Å². The van der Waals surface area contributed by atoms with Crippen molar-refractivity contribution in [2.24, 2.45) is 0 Å². The molecule has 0 spiro atoms. The first-order valence-corrected chi connectivity index (χ1v) is 9.97. The number of ketones is 1. The molecule has 3 aromatic rings. The lowest BCUT2D eigenvalue weighted by atomic mass is 10.1. The summed E-state index contributed by atoms with van der Waals surface area (Å²) < 4.78 is 20.7. The van der Waals surface area contributed by atoms with Crippen molar-refractivity contribution in [3.8, 4) is 0 Å². The fraction of sp³-hybridized carbons (Fsp3) is 0.158. The summed E-state index contributed by atoms with van der Waals surface area (Å²) in [7, 11) is 0. The third-order valence-electron chi connectivity index (χ3n) is 3.54. The van der Waals surface area contributed by atoms with E-state index in [1.165, 1.54) is 42.2 Å². The number of carbonyl (C=O) groups excluding carboxylic acids is 3. The monoisotopic (exact) mass is 418 g/mol. The zero-order valence-corrected chi connectivity index (χ0v) is 16.4. The van der Waals surface area contributed by atoms with E-state index in [1.54, 1.807) is 0 Å². The third-order valence-corrected chi connectivity index (χ3v) is 5.69. The van der Waals surface area contributed by atoms with Crippen molar-refractivity contribution < 1.29 is 23.5 Å². The van der Waals surface area contributed by atoms with Gasteiger partial charge in [-0.05, 0) is 30.3 Å². The van der Waals surface area contributed by atoms with E-state index in [9.17, 15) is 18.8 Å². The molecule has 0 aliphatic heterocycles. The zero-order valence-electron chi connectivity index (χ0n) is 14.7. The number of esters is 1. The lowest BCUT2D eigenvalue weighted by Gasteiger charge is -2.07. The highest BCUT2D eigenvalue weighted by Crippen LogP contribution is 2.29. The number of hydrogen-bond acceptors (Lipinski definition) is 7. The third kappa shape index (κ3) is 5.14. The van der Waals surface area contributed by atoms with Crippen molar-refractivity contribution in [1.82, 2.24) is 4.98 Å². The van der Waals surface area contributed by atoms with Gasteiger partial charge in [0, 0.05) is 12.6 Å². The number of hydrogen-bond donors (Lipinski definition) is 1. The fourth-order valence-electron chi connectivity index (χ4n) is 2.32. The van der Waals surface area contributed by atoms with Crippen molar-refractivity contribution in [3.63, 3.8) is 0 Å². The second-order valence-corrected chi connectivity index (χ2v) is 7.95. The zero-order chi connectivity index (χ0) is 20.1. The van der Waals surface area contributed by atoms with Gasteiger partial charge in [0.1, 0.15) is 5.82 Å². The number of aromatic nitrogens is 1. The lowest BCUT2D eigenvalue weighted by molar-refractivity contribution is -0.139. The number of Topliss-reactive ketones (excluding diaryl/α,β-unsaturated/α-hetero) is 1. The van der Waals surface area contributed by atoms with E-state index in [0.717, 1.165) is 20.6 Å². The number of rotatable bonds is 7. The number of benzene rings is 2. The molecule has 0 aliphatic carbocycles. The highest BCUT2D eigenvalue weighted by atomic mass is 32.2. The molecule has 2 aromatic carbocycles. The number of para-hydroxylation sites is 1. The molecule has 0 aliphatic rings. The van der Waals surface area contributed by atoms with Crippen molar-refractivity contribution >= 4 is 56.7 Å². The van der Waals surface area contributed by atoms with E-state index in [1.807, 2.05) is 24.3 Å². The summed E-state index contributed by atoms with van der Waals surface area (Å²) in [6, 6.07) is 11.3.